The first-order valence-corrected chi connectivity index (χ1v) is 10.1. The Labute approximate surface area is 176 Å². The van der Waals surface area contributed by atoms with Crippen LogP contribution in [0.3, 0.4) is 0 Å². The Morgan fingerprint density at radius 1 is 1.14 bits per heavy atom. The van der Waals surface area contributed by atoms with Gasteiger partial charge in [-0.25, -0.2) is 0 Å². The molecule has 0 radical (unpaired) electrons. The van der Waals surface area contributed by atoms with Gasteiger partial charge in [-0.05, 0) is 35.9 Å². The summed E-state index contributed by atoms with van der Waals surface area (Å²) in [5, 5.41) is 3.75. The molecule has 0 unspecified atom stereocenters. The first-order chi connectivity index (χ1) is 14.1. The van der Waals surface area contributed by atoms with Crippen LogP contribution in [-0.2, 0) is 11.3 Å². The molecule has 6 nitrogen and oxygen atoms in total. The van der Waals surface area contributed by atoms with Gasteiger partial charge in [-0.15, -0.1) is 0 Å². The summed E-state index contributed by atoms with van der Waals surface area (Å²) in [4.78, 5) is 29.3. The van der Waals surface area contributed by atoms with E-state index < -0.39 is 0 Å². The molecule has 0 spiro atoms. The van der Waals surface area contributed by atoms with E-state index in [-0.39, 0.29) is 18.2 Å². The second-order valence-corrected chi connectivity index (χ2v) is 7.41. The van der Waals surface area contributed by atoms with E-state index in [0.29, 0.717) is 36.8 Å². The quantitative estimate of drug-likeness (QED) is 0.755. The number of hydrogen-bond acceptors (Lipinski definition) is 4. The Hall–Kier alpha value is -2.57. The van der Waals surface area contributed by atoms with Crippen LogP contribution in [0, 0.1) is 0 Å². The maximum atomic E-state index is 13.1. The molecule has 2 aromatic carbocycles. The molecule has 1 heterocycles. The van der Waals surface area contributed by atoms with Crippen molar-refractivity contribution in [3.05, 3.63) is 64.7 Å². The molecule has 154 valence electrons. The number of piperazine rings is 1. The van der Waals surface area contributed by atoms with Crippen molar-refractivity contribution in [1.82, 2.24) is 15.1 Å². The number of nitrogens with one attached hydrogen (secondary N) is 1. The molecule has 0 bridgehead atoms. The van der Waals surface area contributed by atoms with E-state index in [4.69, 9.17) is 16.3 Å². The van der Waals surface area contributed by atoms with Gasteiger partial charge in [-0.1, -0.05) is 29.8 Å². The monoisotopic (exact) mass is 415 g/mol. The van der Waals surface area contributed by atoms with Gasteiger partial charge in [0.25, 0.3) is 5.91 Å². The van der Waals surface area contributed by atoms with Gasteiger partial charge in [0.05, 0.1) is 7.11 Å². The number of hydrogen-bond donors (Lipinski definition) is 1. The van der Waals surface area contributed by atoms with Crippen molar-refractivity contribution in [3.8, 4) is 5.75 Å². The summed E-state index contributed by atoms with van der Waals surface area (Å²) < 4.78 is 5.29. The smallest absolute Gasteiger partial charge is 0.254 e. The van der Waals surface area contributed by atoms with E-state index in [9.17, 15) is 9.59 Å². The number of ether oxygens (including phenoxy) is 1. The zero-order chi connectivity index (χ0) is 20.6. The lowest BCUT2D eigenvalue weighted by molar-refractivity contribution is -0.132. The first kappa shape index (κ1) is 21.1. The maximum Gasteiger partial charge on any atom is 0.254 e. The Kier molecular flexibility index (Phi) is 7.49. The van der Waals surface area contributed by atoms with Gasteiger partial charge in [0.1, 0.15) is 5.75 Å². The number of carbonyl (C=O) groups is 2. The first-order valence-electron chi connectivity index (χ1n) is 9.73. The second-order valence-electron chi connectivity index (χ2n) is 6.97. The van der Waals surface area contributed by atoms with E-state index in [2.05, 4.69) is 5.32 Å². The summed E-state index contributed by atoms with van der Waals surface area (Å²) >= 11 is 6.07. The molecule has 7 heteroatoms. The van der Waals surface area contributed by atoms with Gasteiger partial charge in [0.15, 0.2) is 0 Å². The summed E-state index contributed by atoms with van der Waals surface area (Å²) in [7, 11) is 1.61. The van der Waals surface area contributed by atoms with Gasteiger partial charge >= 0.3 is 0 Å². The predicted octanol–water partition coefficient (Wildman–Crippen LogP) is 2.81. The molecule has 0 atom stereocenters. The Morgan fingerprint density at radius 3 is 2.62 bits per heavy atom. The van der Waals surface area contributed by atoms with Crippen molar-refractivity contribution >= 4 is 23.4 Å². The molecule has 1 aliphatic rings. The van der Waals surface area contributed by atoms with Crippen LogP contribution >= 0.6 is 11.6 Å². The maximum absolute atomic E-state index is 13.1. The molecular weight excluding hydrogens is 390 g/mol. The number of halogens is 1. The van der Waals surface area contributed by atoms with Gasteiger partial charge in [0.2, 0.25) is 5.91 Å². The average molecular weight is 416 g/mol. The van der Waals surface area contributed by atoms with Gasteiger partial charge in [-0.3, -0.25) is 9.59 Å². The van der Waals surface area contributed by atoms with Crippen molar-refractivity contribution in [2.75, 3.05) is 39.8 Å². The Bertz CT molecular complexity index is 853. The Balaban J connectivity index is 1.74. The largest absolute Gasteiger partial charge is 0.497 e. The fourth-order valence-electron chi connectivity index (χ4n) is 3.35. The second kappa shape index (κ2) is 10.3. The fourth-order valence-corrected chi connectivity index (χ4v) is 3.54. The molecule has 3 rings (SSSR count). The highest BCUT2D eigenvalue weighted by molar-refractivity contribution is 6.30. The average Bonchev–Trinajstić information content (AvgIpc) is 2.76. The molecule has 2 aromatic rings. The van der Waals surface area contributed by atoms with E-state index >= 15 is 0 Å². The summed E-state index contributed by atoms with van der Waals surface area (Å²) in [5.74, 6) is 0.652. The summed E-state index contributed by atoms with van der Waals surface area (Å²) in [6.07, 6.45) is 0.288. The van der Waals surface area contributed by atoms with Gasteiger partial charge in [0, 0.05) is 56.3 Å². The number of carbonyl (C=O) groups excluding carboxylic acids is 2. The highest BCUT2D eigenvalue weighted by Crippen LogP contribution is 2.18. The molecule has 2 amide bonds. The number of rotatable bonds is 7. The van der Waals surface area contributed by atoms with E-state index in [1.165, 1.54) is 0 Å². The van der Waals surface area contributed by atoms with Crippen molar-refractivity contribution in [3.63, 3.8) is 0 Å². The minimum Gasteiger partial charge on any atom is -0.497 e. The molecule has 1 aliphatic heterocycles. The van der Waals surface area contributed by atoms with E-state index in [1.807, 2.05) is 29.2 Å². The zero-order valence-electron chi connectivity index (χ0n) is 16.6. The van der Waals surface area contributed by atoms with Crippen LogP contribution in [0.15, 0.2) is 48.5 Å². The highest BCUT2D eigenvalue weighted by Gasteiger charge is 2.21. The van der Waals surface area contributed by atoms with E-state index in [1.54, 1.807) is 36.3 Å². The van der Waals surface area contributed by atoms with Crippen LogP contribution in [0.2, 0.25) is 5.02 Å². The summed E-state index contributed by atoms with van der Waals surface area (Å²) in [6.45, 7) is 3.75. The topological polar surface area (TPSA) is 61.9 Å². The summed E-state index contributed by atoms with van der Waals surface area (Å²) in [6, 6.07) is 14.5. The lowest BCUT2D eigenvalue weighted by Gasteiger charge is -2.29. The highest BCUT2D eigenvalue weighted by atomic mass is 35.5. The number of nitrogens with zero attached hydrogens (tertiary/aromatic N) is 2. The third kappa shape index (κ3) is 5.95. The lowest BCUT2D eigenvalue weighted by Crippen LogP contribution is -2.47. The molecule has 29 heavy (non-hydrogen) atoms. The van der Waals surface area contributed by atoms with Crippen LogP contribution < -0.4 is 10.1 Å². The number of benzene rings is 2. The fraction of sp³-hybridized carbons (Fsp3) is 0.364. The molecule has 1 fully saturated rings. The predicted molar refractivity (Wildman–Crippen MR) is 113 cm³/mol. The Morgan fingerprint density at radius 2 is 1.90 bits per heavy atom. The third-order valence-electron chi connectivity index (χ3n) is 4.93. The SMILES string of the molecule is COc1cccc(CN(CCC(=O)N2CCNCC2)C(=O)c2cccc(Cl)c2)c1. The van der Waals surface area contributed by atoms with Gasteiger partial charge in [-0.2, -0.15) is 0 Å². The van der Waals surface area contributed by atoms with Crippen LogP contribution in [-0.4, -0.2) is 61.4 Å². The minimum absolute atomic E-state index is 0.0704. The van der Waals surface area contributed by atoms with Gasteiger partial charge < -0.3 is 19.9 Å². The van der Waals surface area contributed by atoms with Crippen molar-refractivity contribution < 1.29 is 14.3 Å². The van der Waals surface area contributed by atoms with Crippen molar-refractivity contribution in [2.24, 2.45) is 0 Å². The molecular formula is C22H26ClN3O3. The van der Waals surface area contributed by atoms with Crippen molar-refractivity contribution in [2.45, 2.75) is 13.0 Å². The van der Waals surface area contributed by atoms with Crippen molar-refractivity contribution in [1.29, 1.82) is 0 Å². The lowest BCUT2D eigenvalue weighted by atomic mass is 10.1. The number of methoxy groups -OCH3 is 1. The van der Waals surface area contributed by atoms with Crippen LogP contribution in [0.5, 0.6) is 5.75 Å². The number of amides is 2. The third-order valence-corrected chi connectivity index (χ3v) is 5.17. The molecule has 1 saturated heterocycles. The van der Waals surface area contributed by atoms with E-state index in [0.717, 1.165) is 24.4 Å². The van der Waals surface area contributed by atoms with Crippen LogP contribution in [0.4, 0.5) is 0 Å². The zero-order valence-corrected chi connectivity index (χ0v) is 17.3. The standard InChI is InChI=1S/C22H26ClN3O3/c1-29-20-7-2-4-17(14-20)16-26(22(28)18-5-3-6-19(23)15-18)11-8-21(27)25-12-9-24-10-13-25/h2-7,14-15,24H,8-13,16H2,1H3. The van der Waals surface area contributed by atoms with Crippen LogP contribution in [0.1, 0.15) is 22.3 Å². The molecule has 0 saturated carbocycles. The molecule has 0 aliphatic carbocycles. The van der Waals surface area contributed by atoms with Crippen LogP contribution in [0.25, 0.3) is 0 Å². The molecule has 1 N–H and O–H groups in total. The minimum atomic E-state index is -0.150. The molecule has 0 aromatic heterocycles. The normalized spacial score (nSPS) is 13.8. The summed E-state index contributed by atoms with van der Waals surface area (Å²) in [5.41, 5.74) is 1.45.